The molecule has 0 saturated carbocycles. The number of rotatable bonds is 8. The van der Waals surface area contributed by atoms with Crippen LogP contribution in [0.4, 0.5) is 5.69 Å². The van der Waals surface area contributed by atoms with E-state index in [0.717, 1.165) is 11.3 Å². The maximum Gasteiger partial charge on any atom is 0.357 e. The van der Waals surface area contributed by atoms with E-state index in [9.17, 15) is 4.57 Å². The molecule has 1 unspecified atom stereocenters. The molecule has 0 heterocycles. The summed E-state index contributed by atoms with van der Waals surface area (Å²) in [6.07, 6.45) is 0. The van der Waals surface area contributed by atoms with E-state index >= 15 is 0 Å². The largest absolute Gasteiger partial charge is 0.368 e. The number of hydrogen-bond acceptors (Lipinski definition) is 4. The summed E-state index contributed by atoms with van der Waals surface area (Å²) in [5.41, 5.74) is 1.59. The van der Waals surface area contributed by atoms with E-state index in [4.69, 9.17) is 20.6 Å². The van der Waals surface area contributed by atoms with Gasteiger partial charge in [0.1, 0.15) is 0 Å². The van der Waals surface area contributed by atoms with Gasteiger partial charge in [0.25, 0.3) is 0 Å². The van der Waals surface area contributed by atoms with Gasteiger partial charge in [-0.2, -0.15) is 0 Å². The minimum absolute atomic E-state index is 0.303. The molecule has 2 rings (SSSR count). The van der Waals surface area contributed by atoms with Crippen LogP contribution >= 0.6 is 19.2 Å². The highest BCUT2D eigenvalue weighted by Gasteiger charge is 2.37. The van der Waals surface area contributed by atoms with Gasteiger partial charge in [-0.15, -0.1) is 0 Å². The zero-order chi connectivity index (χ0) is 16.7. The smallest absolute Gasteiger partial charge is 0.357 e. The Bertz CT molecular complexity index is 656. The van der Waals surface area contributed by atoms with Crippen molar-refractivity contribution in [2.45, 2.75) is 19.6 Å². The minimum Gasteiger partial charge on any atom is -0.368 e. The van der Waals surface area contributed by atoms with Gasteiger partial charge in [0, 0.05) is 10.7 Å². The fraction of sp³-hybridized carbons (Fsp3) is 0.294. The van der Waals surface area contributed by atoms with Gasteiger partial charge in [-0.3, -0.25) is 4.57 Å². The summed E-state index contributed by atoms with van der Waals surface area (Å²) < 4.78 is 24.3. The number of anilines is 1. The average molecular weight is 354 g/mol. The molecule has 0 amide bonds. The highest BCUT2D eigenvalue weighted by Crippen LogP contribution is 2.60. The first-order valence-electron chi connectivity index (χ1n) is 7.55. The Hall–Kier alpha value is -1.32. The molecule has 1 atom stereocenters. The molecule has 0 radical (unpaired) electrons. The Morgan fingerprint density at radius 2 is 1.70 bits per heavy atom. The van der Waals surface area contributed by atoms with Crippen LogP contribution in [0.1, 0.15) is 25.2 Å². The Morgan fingerprint density at radius 1 is 1.04 bits per heavy atom. The molecule has 2 aromatic rings. The van der Waals surface area contributed by atoms with E-state index in [0.29, 0.717) is 18.2 Å². The third kappa shape index (κ3) is 4.82. The highest BCUT2D eigenvalue weighted by molar-refractivity contribution is 7.54. The summed E-state index contributed by atoms with van der Waals surface area (Å²) in [6, 6.07) is 16.7. The molecule has 124 valence electrons. The van der Waals surface area contributed by atoms with Crippen LogP contribution in [0, 0.1) is 0 Å². The van der Waals surface area contributed by atoms with Crippen molar-refractivity contribution in [3.05, 3.63) is 65.2 Å². The van der Waals surface area contributed by atoms with Crippen molar-refractivity contribution in [2.75, 3.05) is 18.5 Å². The molecule has 23 heavy (non-hydrogen) atoms. The summed E-state index contributed by atoms with van der Waals surface area (Å²) in [6.45, 7) is 4.20. The van der Waals surface area contributed by atoms with Crippen LogP contribution in [-0.4, -0.2) is 13.2 Å². The summed E-state index contributed by atoms with van der Waals surface area (Å²) in [4.78, 5) is 0. The maximum atomic E-state index is 13.3. The zero-order valence-electron chi connectivity index (χ0n) is 13.2. The predicted molar refractivity (Wildman–Crippen MR) is 95.1 cm³/mol. The predicted octanol–water partition coefficient (Wildman–Crippen LogP) is 5.72. The van der Waals surface area contributed by atoms with Gasteiger partial charge in [-0.25, -0.2) is 0 Å². The quantitative estimate of drug-likeness (QED) is 0.617. The lowest BCUT2D eigenvalue weighted by Gasteiger charge is -2.28. The molecule has 1 N–H and O–H groups in total. The van der Waals surface area contributed by atoms with Gasteiger partial charge in [0.15, 0.2) is 5.78 Å². The van der Waals surface area contributed by atoms with Crippen molar-refractivity contribution in [1.82, 2.24) is 0 Å². The fourth-order valence-electron chi connectivity index (χ4n) is 2.26. The number of halogens is 1. The average Bonchev–Trinajstić information content (AvgIpc) is 2.54. The van der Waals surface area contributed by atoms with Crippen LogP contribution in [0.5, 0.6) is 0 Å². The maximum absolute atomic E-state index is 13.3. The monoisotopic (exact) mass is 353 g/mol. The minimum atomic E-state index is -3.39. The molecule has 0 aromatic heterocycles. The molecular weight excluding hydrogens is 333 g/mol. The molecule has 0 aliphatic heterocycles. The number of nitrogens with one attached hydrogen (secondary N) is 1. The van der Waals surface area contributed by atoms with Gasteiger partial charge in [-0.05, 0) is 37.6 Å². The zero-order valence-corrected chi connectivity index (χ0v) is 14.9. The second kappa shape index (κ2) is 8.51. The van der Waals surface area contributed by atoms with Crippen molar-refractivity contribution >= 4 is 24.9 Å². The van der Waals surface area contributed by atoms with Crippen LogP contribution in [0.2, 0.25) is 5.02 Å². The van der Waals surface area contributed by atoms with Crippen molar-refractivity contribution < 1.29 is 13.6 Å². The molecule has 6 heteroatoms. The second-order valence-corrected chi connectivity index (χ2v) is 7.39. The van der Waals surface area contributed by atoms with Crippen LogP contribution in [0.3, 0.4) is 0 Å². The lowest BCUT2D eigenvalue weighted by atomic mass is 10.2. The van der Waals surface area contributed by atoms with Crippen molar-refractivity contribution in [3.63, 3.8) is 0 Å². The van der Waals surface area contributed by atoms with Gasteiger partial charge >= 0.3 is 7.60 Å². The molecule has 0 bridgehead atoms. The molecule has 0 saturated heterocycles. The van der Waals surface area contributed by atoms with Crippen molar-refractivity contribution in [1.29, 1.82) is 0 Å². The topological polar surface area (TPSA) is 47.6 Å². The third-order valence-corrected chi connectivity index (χ3v) is 5.71. The number of benzene rings is 2. The van der Waals surface area contributed by atoms with Crippen LogP contribution in [-0.2, 0) is 13.6 Å². The van der Waals surface area contributed by atoms with E-state index in [1.165, 1.54) is 0 Å². The lowest BCUT2D eigenvalue weighted by molar-refractivity contribution is 0.214. The Balaban J connectivity index is 2.41. The molecule has 4 nitrogen and oxygen atoms in total. The highest BCUT2D eigenvalue weighted by atomic mass is 35.5. The van der Waals surface area contributed by atoms with Crippen LogP contribution in [0.25, 0.3) is 0 Å². The van der Waals surface area contributed by atoms with Gasteiger partial charge in [-0.1, -0.05) is 48.0 Å². The Labute approximate surface area is 142 Å². The lowest BCUT2D eigenvalue weighted by Crippen LogP contribution is -2.15. The van der Waals surface area contributed by atoms with Crippen molar-refractivity contribution in [2.24, 2.45) is 0 Å². The second-order valence-electron chi connectivity index (χ2n) is 4.84. The van der Waals surface area contributed by atoms with E-state index in [2.05, 4.69) is 5.32 Å². The summed E-state index contributed by atoms with van der Waals surface area (Å²) >= 11 is 6.04. The first-order valence-corrected chi connectivity index (χ1v) is 9.54. The third-order valence-electron chi connectivity index (χ3n) is 3.18. The first-order chi connectivity index (χ1) is 11.1. The molecule has 0 aliphatic carbocycles. The summed E-state index contributed by atoms with van der Waals surface area (Å²) in [5, 5.41) is 3.85. The molecule has 0 aliphatic rings. The fourth-order valence-corrected chi connectivity index (χ4v) is 4.39. The van der Waals surface area contributed by atoms with E-state index in [-0.39, 0.29) is 0 Å². The SMILES string of the molecule is CCOP(=O)(OCC)C(Nc1cccc(Cl)c1)c1ccccc1. The summed E-state index contributed by atoms with van der Waals surface area (Å²) in [5.74, 6) is -0.609. The molecule has 2 aromatic carbocycles. The number of hydrogen-bond donors (Lipinski definition) is 1. The molecule has 0 spiro atoms. The Kier molecular flexibility index (Phi) is 6.67. The van der Waals surface area contributed by atoms with Gasteiger partial charge < -0.3 is 14.4 Å². The van der Waals surface area contributed by atoms with Crippen LogP contribution in [0.15, 0.2) is 54.6 Å². The van der Waals surface area contributed by atoms with E-state index < -0.39 is 13.4 Å². The van der Waals surface area contributed by atoms with Gasteiger partial charge in [0.05, 0.1) is 13.2 Å². The van der Waals surface area contributed by atoms with E-state index in [1.54, 1.807) is 26.0 Å². The summed E-state index contributed by atoms with van der Waals surface area (Å²) in [7, 11) is -3.39. The molecular formula is C17H21ClNO3P. The standard InChI is InChI=1S/C17H21ClNO3P/c1-3-21-23(20,22-4-2)17(14-9-6-5-7-10-14)19-16-12-8-11-15(18)13-16/h5-13,17,19H,3-4H2,1-2H3. The first kappa shape index (κ1) is 18.0. The van der Waals surface area contributed by atoms with Gasteiger partial charge in [0.2, 0.25) is 0 Å². The molecule has 0 fully saturated rings. The van der Waals surface area contributed by atoms with E-state index in [1.807, 2.05) is 42.5 Å². The normalized spacial score (nSPS) is 12.8. The van der Waals surface area contributed by atoms with Crippen LogP contribution < -0.4 is 5.32 Å². The Morgan fingerprint density at radius 3 is 2.26 bits per heavy atom. The van der Waals surface area contributed by atoms with Crippen molar-refractivity contribution in [3.8, 4) is 0 Å².